The molecule has 0 amide bonds. The number of fused-ring (bicyclic) bond motifs is 1. The second-order valence-corrected chi connectivity index (χ2v) is 6.66. The van der Waals surface area contributed by atoms with Gasteiger partial charge < -0.3 is 14.7 Å². The molecule has 0 saturated heterocycles. The third-order valence-corrected chi connectivity index (χ3v) is 4.88. The number of anilines is 1. The number of ether oxygens (including phenoxy) is 1. The van der Waals surface area contributed by atoms with Crippen LogP contribution in [0, 0.1) is 0 Å². The molecule has 4 rings (SSSR count). The molecular weight excluding hydrogens is 354 g/mol. The summed E-state index contributed by atoms with van der Waals surface area (Å²) in [6, 6.07) is 20.4. The average molecular weight is 373 g/mol. The van der Waals surface area contributed by atoms with Crippen LogP contribution in [0.15, 0.2) is 66.7 Å². The van der Waals surface area contributed by atoms with E-state index in [-0.39, 0.29) is 0 Å². The number of aldehydes is 1. The van der Waals surface area contributed by atoms with E-state index in [4.69, 9.17) is 4.74 Å². The largest absolute Gasteiger partial charge is 0.490 e. The predicted molar refractivity (Wildman–Crippen MR) is 107 cm³/mol. The molecule has 0 radical (unpaired) electrons. The van der Waals surface area contributed by atoms with E-state index in [2.05, 4.69) is 4.90 Å². The normalized spacial score (nSPS) is 12.8. The number of carboxylic acids is 1. The van der Waals surface area contributed by atoms with Crippen molar-refractivity contribution in [1.29, 1.82) is 0 Å². The zero-order valence-corrected chi connectivity index (χ0v) is 15.2. The molecule has 0 fully saturated rings. The minimum atomic E-state index is -0.931. The maximum Gasteiger partial charge on any atom is 0.336 e. The molecule has 3 aromatic carbocycles. The zero-order chi connectivity index (χ0) is 19.5. The number of rotatable bonds is 5. The smallest absolute Gasteiger partial charge is 0.336 e. The van der Waals surface area contributed by atoms with Crippen LogP contribution in [0.25, 0.3) is 11.1 Å². The first-order chi connectivity index (χ1) is 13.7. The highest BCUT2D eigenvalue weighted by Crippen LogP contribution is 2.33. The molecule has 0 unspecified atom stereocenters. The summed E-state index contributed by atoms with van der Waals surface area (Å²) in [6.07, 6.45) is 0.816. The van der Waals surface area contributed by atoms with E-state index in [1.165, 1.54) is 0 Å². The first kappa shape index (κ1) is 17.8. The van der Waals surface area contributed by atoms with Crippen LogP contribution in [0.4, 0.5) is 5.69 Å². The van der Waals surface area contributed by atoms with Gasteiger partial charge in [0.05, 0.1) is 17.8 Å². The summed E-state index contributed by atoms with van der Waals surface area (Å²) in [4.78, 5) is 24.6. The minimum Gasteiger partial charge on any atom is -0.490 e. The summed E-state index contributed by atoms with van der Waals surface area (Å²) in [7, 11) is 0. The second-order valence-electron chi connectivity index (χ2n) is 6.66. The number of hydrogen-bond donors (Lipinski definition) is 1. The molecule has 3 aromatic rings. The van der Waals surface area contributed by atoms with Crippen LogP contribution in [0.2, 0.25) is 0 Å². The van der Waals surface area contributed by atoms with Crippen LogP contribution in [0.1, 0.15) is 26.3 Å². The number of carboxylic acid groups (broad SMARTS) is 1. The van der Waals surface area contributed by atoms with Gasteiger partial charge in [-0.15, -0.1) is 0 Å². The Labute approximate surface area is 162 Å². The highest BCUT2D eigenvalue weighted by Gasteiger charge is 2.19. The highest BCUT2D eigenvalue weighted by atomic mass is 16.5. The number of hydrogen-bond acceptors (Lipinski definition) is 4. The van der Waals surface area contributed by atoms with Crippen molar-refractivity contribution in [1.82, 2.24) is 0 Å². The minimum absolute atomic E-state index is 0.295. The molecule has 1 N–H and O–H groups in total. The van der Waals surface area contributed by atoms with Crippen molar-refractivity contribution in [2.24, 2.45) is 0 Å². The summed E-state index contributed by atoms with van der Waals surface area (Å²) >= 11 is 0. The molecule has 1 aliphatic rings. The van der Waals surface area contributed by atoms with Crippen LogP contribution in [0.5, 0.6) is 5.75 Å². The number of carbonyl (C=O) groups excluding carboxylic acids is 1. The molecule has 5 heteroatoms. The molecular formula is C23H19NO4. The van der Waals surface area contributed by atoms with Crippen molar-refractivity contribution >= 4 is 17.9 Å². The lowest BCUT2D eigenvalue weighted by atomic mass is 9.98. The topological polar surface area (TPSA) is 66.8 Å². The Morgan fingerprint density at radius 2 is 1.86 bits per heavy atom. The van der Waals surface area contributed by atoms with Crippen molar-refractivity contribution in [3.05, 3.63) is 83.4 Å². The number of nitrogens with zero attached hydrogens (tertiary/aromatic N) is 1. The molecule has 28 heavy (non-hydrogen) atoms. The van der Waals surface area contributed by atoms with Crippen LogP contribution >= 0.6 is 0 Å². The van der Waals surface area contributed by atoms with Crippen LogP contribution < -0.4 is 9.64 Å². The number of carbonyl (C=O) groups is 2. The third kappa shape index (κ3) is 3.47. The summed E-state index contributed by atoms with van der Waals surface area (Å²) in [5.41, 5.74) is 4.56. The molecule has 0 atom stereocenters. The lowest BCUT2D eigenvalue weighted by Gasteiger charge is -2.31. The van der Waals surface area contributed by atoms with E-state index >= 15 is 0 Å². The first-order valence-corrected chi connectivity index (χ1v) is 9.04. The van der Waals surface area contributed by atoms with Crippen LogP contribution in [-0.2, 0) is 6.54 Å². The SMILES string of the molecule is O=Cc1ccc2c(c1)OCCN2Cc1ccc(-c2ccccc2C(=O)O)cc1. The molecule has 5 nitrogen and oxygen atoms in total. The summed E-state index contributed by atoms with van der Waals surface area (Å²) in [5.74, 6) is -0.206. The molecule has 0 aliphatic carbocycles. The van der Waals surface area contributed by atoms with E-state index in [0.717, 1.165) is 35.4 Å². The van der Waals surface area contributed by atoms with E-state index in [1.807, 2.05) is 42.5 Å². The van der Waals surface area contributed by atoms with Gasteiger partial charge in [0.2, 0.25) is 0 Å². The van der Waals surface area contributed by atoms with Gasteiger partial charge in [0.1, 0.15) is 18.6 Å². The van der Waals surface area contributed by atoms with Gasteiger partial charge in [0.15, 0.2) is 0 Å². The monoisotopic (exact) mass is 373 g/mol. The molecule has 1 heterocycles. The lowest BCUT2D eigenvalue weighted by Crippen LogP contribution is -2.32. The van der Waals surface area contributed by atoms with Gasteiger partial charge >= 0.3 is 5.97 Å². The van der Waals surface area contributed by atoms with Crippen LogP contribution in [0.3, 0.4) is 0 Å². The van der Waals surface area contributed by atoms with Gasteiger partial charge in [-0.25, -0.2) is 4.79 Å². The van der Waals surface area contributed by atoms with Crippen molar-refractivity contribution in [2.75, 3.05) is 18.1 Å². The number of aromatic carboxylic acids is 1. The van der Waals surface area contributed by atoms with E-state index in [0.29, 0.717) is 29.8 Å². The Bertz CT molecular complexity index is 1030. The van der Waals surface area contributed by atoms with E-state index in [1.54, 1.807) is 24.3 Å². The van der Waals surface area contributed by atoms with Crippen molar-refractivity contribution < 1.29 is 19.4 Å². The van der Waals surface area contributed by atoms with Crippen LogP contribution in [-0.4, -0.2) is 30.5 Å². The highest BCUT2D eigenvalue weighted by molar-refractivity contribution is 5.96. The standard InChI is InChI=1S/C23H19NO4/c25-15-17-7-10-21-22(13-17)28-12-11-24(21)14-16-5-8-18(9-6-16)19-3-1-2-4-20(19)23(26)27/h1-10,13,15H,11-12,14H2,(H,26,27). The molecule has 0 saturated carbocycles. The zero-order valence-electron chi connectivity index (χ0n) is 15.2. The number of benzene rings is 3. The van der Waals surface area contributed by atoms with Crippen molar-refractivity contribution in [2.45, 2.75) is 6.54 Å². The fraction of sp³-hybridized carbons (Fsp3) is 0.130. The Balaban J connectivity index is 1.57. The molecule has 0 spiro atoms. The van der Waals surface area contributed by atoms with Gasteiger partial charge in [-0.05, 0) is 41.0 Å². The van der Waals surface area contributed by atoms with E-state index < -0.39 is 5.97 Å². The maximum absolute atomic E-state index is 11.4. The van der Waals surface area contributed by atoms with Crippen molar-refractivity contribution in [3.63, 3.8) is 0 Å². The van der Waals surface area contributed by atoms with Gasteiger partial charge in [0, 0.05) is 12.1 Å². The van der Waals surface area contributed by atoms with Gasteiger partial charge in [-0.1, -0.05) is 42.5 Å². The second kappa shape index (κ2) is 7.56. The third-order valence-electron chi connectivity index (χ3n) is 4.88. The summed E-state index contributed by atoms with van der Waals surface area (Å²) in [5, 5.41) is 9.39. The fourth-order valence-corrected chi connectivity index (χ4v) is 3.46. The molecule has 0 aromatic heterocycles. The molecule has 0 bridgehead atoms. The Morgan fingerprint density at radius 3 is 2.61 bits per heavy atom. The fourth-order valence-electron chi connectivity index (χ4n) is 3.46. The Morgan fingerprint density at radius 1 is 1.07 bits per heavy atom. The Hall–Kier alpha value is -3.60. The lowest BCUT2D eigenvalue weighted by molar-refractivity contribution is 0.0697. The summed E-state index contributed by atoms with van der Waals surface area (Å²) in [6.45, 7) is 2.04. The van der Waals surface area contributed by atoms with E-state index in [9.17, 15) is 14.7 Å². The Kier molecular flexibility index (Phi) is 4.81. The van der Waals surface area contributed by atoms with Gasteiger partial charge in [-0.3, -0.25) is 4.79 Å². The predicted octanol–water partition coefficient (Wildman–Crippen LogP) is 4.26. The molecule has 1 aliphatic heterocycles. The molecule has 140 valence electrons. The summed E-state index contributed by atoms with van der Waals surface area (Å²) < 4.78 is 5.69. The van der Waals surface area contributed by atoms with Crippen molar-refractivity contribution in [3.8, 4) is 16.9 Å². The quantitative estimate of drug-likeness (QED) is 0.677. The first-order valence-electron chi connectivity index (χ1n) is 9.04. The maximum atomic E-state index is 11.4. The average Bonchev–Trinajstić information content (AvgIpc) is 2.74. The van der Waals surface area contributed by atoms with Gasteiger partial charge in [0.25, 0.3) is 0 Å². The van der Waals surface area contributed by atoms with Gasteiger partial charge in [-0.2, -0.15) is 0 Å².